The van der Waals surface area contributed by atoms with Gasteiger partial charge in [-0.3, -0.25) is 4.72 Å². The Morgan fingerprint density at radius 2 is 1.81 bits per heavy atom. The largest absolute Gasteiger partial charge is 0.490 e. The second kappa shape index (κ2) is 7.42. The van der Waals surface area contributed by atoms with E-state index in [9.17, 15) is 8.42 Å². The van der Waals surface area contributed by atoms with Crippen molar-refractivity contribution in [2.75, 3.05) is 29.6 Å². The molecule has 8 heteroatoms. The first-order valence-corrected chi connectivity index (χ1v) is 9.24. The summed E-state index contributed by atoms with van der Waals surface area (Å²) in [6.45, 7) is 1.07. The molecule has 0 unspecified atom stereocenters. The number of halogens is 2. The smallest absolute Gasteiger partial charge is 0.232 e. The molecule has 0 aliphatic carbocycles. The Morgan fingerprint density at radius 3 is 2.48 bits per heavy atom. The lowest BCUT2D eigenvalue weighted by Gasteiger charge is -2.13. The Hall–Kier alpha value is -0.850. The first kappa shape index (κ1) is 16.5. The Labute approximate surface area is 134 Å². The Morgan fingerprint density at radius 1 is 1.14 bits per heavy atom. The van der Waals surface area contributed by atoms with Gasteiger partial charge in [0.05, 0.1) is 29.7 Å². The van der Waals surface area contributed by atoms with Crippen LogP contribution < -0.4 is 14.2 Å². The van der Waals surface area contributed by atoms with Crippen molar-refractivity contribution >= 4 is 38.9 Å². The van der Waals surface area contributed by atoms with Gasteiger partial charge < -0.3 is 9.47 Å². The minimum absolute atomic E-state index is 0.00446. The number of ether oxygens (including phenoxy) is 2. The molecule has 1 aromatic rings. The average Bonchev–Trinajstić information content (AvgIpc) is 2.64. The average molecular weight is 354 g/mol. The highest BCUT2D eigenvalue weighted by Gasteiger charge is 2.17. The molecule has 1 aliphatic heterocycles. The van der Waals surface area contributed by atoms with Gasteiger partial charge in [0.2, 0.25) is 10.0 Å². The van der Waals surface area contributed by atoms with Gasteiger partial charge >= 0.3 is 0 Å². The van der Waals surface area contributed by atoms with Crippen molar-refractivity contribution in [3.8, 4) is 11.5 Å². The van der Waals surface area contributed by atoms with Gasteiger partial charge in [-0.05, 0) is 12.8 Å². The fourth-order valence-electron chi connectivity index (χ4n) is 1.87. The highest BCUT2D eigenvalue weighted by molar-refractivity contribution is 7.92. The van der Waals surface area contributed by atoms with Crippen LogP contribution in [0.5, 0.6) is 11.5 Å². The van der Waals surface area contributed by atoms with Crippen molar-refractivity contribution in [2.45, 2.75) is 19.3 Å². The van der Waals surface area contributed by atoms with E-state index in [1.165, 1.54) is 0 Å². The summed E-state index contributed by atoms with van der Waals surface area (Å²) < 4.78 is 37.4. The van der Waals surface area contributed by atoms with Crippen LogP contribution in [-0.2, 0) is 10.0 Å². The number of unbranched alkanes of at least 4 members (excludes halogenated alkanes) is 1. The summed E-state index contributed by atoms with van der Waals surface area (Å²) in [5.74, 6) is 1.48. The van der Waals surface area contributed by atoms with E-state index in [1.54, 1.807) is 12.1 Å². The first-order valence-electron chi connectivity index (χ1n) is 6.67. The molecule has 0 spiro atoms. The number of anilines is 1. The molecule has 118 valence electrons. The zero-order valence-electron chi connectivity index (χ0n) is 11.4. The van der Waals surface area contributed by atoms with E-state index in [0.717, 1.165) is 6.42 Å². The van der Waals surface area contributed by atoms with E-state index in [1.807, 2.05) is 0 Å². The maximum atomic E-state index is 12.0. The van der Waals surface area contributed by atoms with Crippen LogP contribution in [0.3, 0.4) is 0 Å². The van der Waals surface area contributed by atoms with Crippen molar-refractivity contribution in [3.05, 3.63) is 17.2 Å². The van der Waals surface area contributed by atoms with Crippen LogP contribution in [0.25, 0.3) is 0 Å². The molecular weight excluding hydrogens is 337 g/mol. The number of rotatable bonds is 6. The number of hydrogen-bond acceptors (Lipinski definition) is 4. The number of benzene rings is 1. The molecule has 1 heterocycles. The number of alkyl halides is 1. The molecule has 0 saturated carbocycles. The molecular formula is C13H17Cl2NO4S. The molecule has 2 rings (SSSR count). The van der Waals surface area contributed by atoms with Gasteiger partial charge in [0.25, 0.3) is 0 Å². The van der Waals surface area contributed by atoms with Crippen molar-refractivity contribution in [1.82, 2.24) is 0 Å². The van der Waals surface area contributed by atoms with Gasteiger partial charge in [-0.15, -0.1) is 11.6 Å². The van der Waals surface area contributed by atoms with Crippen molar-refractivity contribution in [3.63, 3.8) is 0 Å². The van der Waals surface area contributed by atoms with E-state index in [4.69, 9.17) is 32.7 Å². The summed E-state index contributed by atoms with van der Waals surface area (Å²) in [6.07, 6.45) is 1.92. The number of fused-ring (bicyclic) bond motifs is 1. The zero-order chi connectivity index (χ0) is 15.3. The summed E-state index contributed by atoms with van der Waals surface area (Å²) in [5.41, 5.74) is 0.298. The molecule has 0 fully saturated rings. The van der Waals surface area contributed by atoms with Crippen molar-refractivity contribution < 1.29 is 17.9 Å². The highest BCUT2D eigenvalue weighted by atomic mass is 35.5. The highest BCUT2D eigenvalue weighted by Crippen LogP contribution is 2.38. The molecule has 1 aliphatic rings. The van der Waals surface area contributed by atoms with Crippen LogP contribution in [0.1, 0.15) is 19.3 Å². The summed E-state index contributed by atoms with van der Waals surface area (Å²) in [6, 6.07) is 3.13. The van der Waals surface area contributed by atoms with Crippen LogP contribution in [-0.4, -0.2) is 33.3 Å². The molecule has 5 nitrogen and oxygen atoms in total. The first-order chi connectivity index (χ1) is 10.0. The maximum Gasteiger partial charge on any atom is 0.232 e. The summed E-state index contributed by atoms with van der Waals surface area (Å²) >= 11 is 11.6. The van der Waals surface area contributed by atoms with Crippen molar-refractivity contribution in [1.29, 1.82) is 0 Å². The third-order valence-corrected chi connectivity index (χ3v) is 4.84. The Balaban J connectivity index is 2.14. The third kappa shape index (κ3) is 4.83. The van der Waals surface area contributed by atoms with E-state index >= 15 is 0 Å². The standard InChI is InChI=1S/C13H17Cl2NO4S/c14-4-1-2-7-21(17,18)16-11-9-13-12(8-10(11)15)19-5-3-6-20-13/h8-9,16H,1-7H2. The van der Waals surface area contributed by atoms with Gasteiger partial charge in [-0.2, -0.15) is 0 Å². The van der Waals surface area contributed by atoms with Gasteiger partial charge in [0.15, 0.2) is 11.5 Å². The van der Waals surface area contributed by atoms with Gasteiger partial charge in [0.1, 0.15) is 0 Å². The lowest BCUT2D eigenvalue weighted by Crippen LogP contribution is -2.17. The third-order valence-electron chi connectivity index (χ3n) is 2.90. The Kier molecular flexibility index (Phi) is 5.84. The molecule has 0 bridgehead atoms. The van der Waals surface area contributed by atoms with Crippen molar-refractivity contribution in [2.24, 2.45) is 0 Å². The molecule has 1 aromatic carbocycles. The fraction of sp³-hybridized carbons (Fsp3) is 0.538. The molecule has 0 aromatic heterocycles. The minimum atomic E-state index is -3.45. The van der Waals surface area contributed by atoms with E-state index in [-0.39, 0.29) is 10.8 Å². The van der Waals surface area contributed by atoms with E-state index < -0.39 is 10.0 Å². The second-order valence-electron chi connectivity index (χ2n) is 4.65. The van der Waals surface area contributed by atoms with Crippen LogP contribution in [0.2, 0.25) is 5.02 Å². The van der Waals surface area contributed by atoms with Gasteiger partial charge in [0, 0.05) is 24.4 Å². The van der Waals surface area contributed by atoms with E-state index in [2.05, 4.69) is 4.72 Å². The lowest BCUT2D eigenvalue weighted by atomic mass is 10.3. The van der Waals surface area contributed by atoms with Gasteiger partial charge in [-0.1, -0.05) is 11.6 Å². The molecule has 21 heavy (non-hydrogen) atoms. The maximum absolute atomic E-state index is 12.0. The monoisotopic (exact) mass is 353 g/mol. The Bertz CT molecular complexity index is 592. The number of nitrogens with one attached hydrogen (secondary N) is 1. The zero-order valence-corrected chi connectivity index (χ0v) is 13.7. The van der Waals surface area contributed by atoms with Gasteiger partial charge in [-0.25, -0.2) is 8.42 Å². The normalized spacial score (nSPS) is 14.6. The van der Waals surface area contributed by atoms with E-state index in [0.29, 0.717) is 49.1 Å². The van der Waals surface area contributed by atoms with Crippen LogP contribution in [0.15, 0.2) is 12.1 Å². The fourth-order valence-corrected chi connectivity index (χ4v) is 3.50. The quantitative estimate of drug-likeness (QED) is 0.629. The van der Waals surface area contributed by atoms with Crippen LogP contribution in [0, 0.1) is 0 Å². The second-order valence-corrected chi connectivity index (χ2v) is 7.27. The number of hydrogen-bond donors (Lipinski definition) is 1. The summed E-state index contributed by atoms with van der Waals surface area (Å²) in [7, 11) is -3.45. The molecule has 1 N–H and O–H groups in total. The predicted molar refractivity (Wildman–Crippen MR) is 84.4 cm³/mol. The lowest BCUT2D eigenvalue weighted by molar-refractivity contribution is 0.297. The summed E-state index contributed by atoms with van der Waals surface area (Å²) in [4.78, 5) is 0. The molecule has 0 atom stereocenters. The molecule has 0 saturated heterocycles. The van der Waals surface area contributed by atoms with Crippen LogP contribution >= 0.6 is 23.2 Å². The molecule has 0 amide bonds. The predicted octanol–water partition coefficient (Wildman–Crippen LogP) is 3.26. The summed E-state index contributed by atoms with van der Waals surface area (Å²) in [5, 5.41) is 0.278. The molecule has 0 radical (unpaired) electrons. The number of sulfonamides is 1. The SMILES string of the molecule is O=S(=O)(CCCCCl)Nc1cc2c(cc1Cl)OCCCO2. The van der Waals surface area contributed by atoms with Crippen LogP contribution in [0.4, 0.5) is 5.69 Å². The topological polar surface area (TPSA) is 64.6 Å². The minimum Gasteiger partial charge on any atom is -0.490 e.